The highest BCUT2D eigenvalue weighted by molar-refractivity contribution is 7.80. The molecule has 1 unspecified atom stereocenters. The van der Waals surface area contributed by atoms with Gasteiger partial charge in [0.25, 0.3) is 0 Å². The van der Waals surface area contributed by atoms with Gasteiger partial charge in [-0.1, -0.05) is 6.07 Å². The van der Waals surface area contributed by atoms with Crippen LogP contribution < -0.4 is 5.32 Å². The number of hydrogen-bond acceptors (Lipinski definition) is 6. The van der Waals surface area contributed by atoms with Crippen molar-refractivity contribution in [3.63, 3.8) is 0 Å². The molecular weight excluding hydrogens is 348 g/mol. The third-order valence-electron chi connectivity index (χ3n) is 4.08. The van der Waals surface area contributed by atoms with Crippen LogP contribution in [-0.4, -0.2) is 26.1 Å². The van der Waals surface area contributed by atoms with Crippen LogP contribution >= 0.6 is 12.6 Å². The molecule has 2 aromatic heterocycles. The van der Waals surface area contributed by atoms with Crippen LogP contribution in [0, 0.1) is 11.6 Å². The van der Waals surface area contributed by atoms with Gasteiger partial charge in [-0.05, 0) is 31.4 Å². The maximum absolute atomic E-state index is 13.9. The van der Waals surface area contributed by atoms with E-state index in [-0.39, 0.29) is 22.9 Å². The Labute approximate surface area is 147 Å². The standard InChI is InChI=1S/C16H15F2N5OS/c17-9-4-3-5-10(12(9)18)20-14-13-15(22-16(25)21-14)23(8-19-13)11-6-1-2-7-24-11/h3-5,8,11H,1-2,6-7H2,(H2,20,21,22,25). The first-order chi connectivity index (χ1) is 12.1. The third kappa shape index (κ3) is 3.05. The van der Waals surface area contributed by atoms with E-state index in [1.807, 2.05) is 4.57 Å². The smallest absolute Gasteiger partial charge is 0.188 e. The molecule has 1 N–H and O–H groups in total. The molecule has 3 aromatic rings. The molecule has 4 rings (SSSR count). The molecule has 1 aliphatic rings. The summed E-state index contributed by atoms with van der Waals surface area (Å²) in [6.07, 6.45) is 4.42. The van der Waals surface area contributed by atoms with E-state index < -0.39 is 11.6 Å². The van der Waals surface area contributed by atoms with Crippen molar-refractivity contribution in [1.82, 2.24) is 19.5 Å². The predicted molar refractivity (Wildman–Crippen MR) is 91.1 cm³/mol. The van der Waals surface area contributed by atoms with E-state index in [2.05, 4.69) is 32.9 Å². The lowest BCUT2D eigenvalue weighted by atomic mass is 10.2. The second-order valence-electron chi connectivity index (χ2n) is 5.74. The fourth-order valence-electron chi connectivity index (χ4n) is 2.87. The van der Waals surface area contributed by atoms with Crippen LogP contribution in [0.5, 0.6) is 0 Å². The van der Waals surface area contributed by atoms with Crippen LogP contribution in [0.2, 0.25) is 0 Å². The van der Waals surface area contributed by atoms with E-state index in [9.17, 15) is 8.78 Å². The van der Waals surface area contributed by atoms with Crippen molar-refractivity contribution in [2.45, 2.75) is 30.6 Å². The number of rotatable bonds is 3. The molecule has 0 saturated carbocycles. The Morgan fingerprint density at radius 2 is 2.12 bits per heavy atom. The SMILES string of the molecule is Fc1cccc(Nc2nc(S)nc3c2ncn3C2CCCCO2)c1F. The summed E-state index contributed by atoms with van der Waals surface area (Å²) in [4.78, 5) is 12.8. The molecule has 0 aliphatic carbocycles. The molecule has 0 bridgehead atoms. The van der Waals surface area contributed by atoms with Crippen molar-refractivity contribution in [3.05, 3.63) is 36.2 Å². The van der Waals surface area contributed by atoms with Crippen LogP contribution in [0.15, 0.2) is 29.7 Å². The summed E-state index contributed by atoms with van der Waals surface area (Å²) in [5.41, 5.74) is 0.943. The quantitative estimate of drug-likeness (QED) is 0.547. The summed E-state index contributed by atoms with van der Waals surface area (Å²) < 4.78 is 35.0. The average molecular weight is 363 g/mol. The highest BCUT2D eigenvalue weighted by Crippen LogP contribution is 2.30. The van der Waals surface area contributed by atoms with Crippen molar-refractivity contribution in [2.75, 3.05) is 11.9 Å². The number of benzene rings is 1. The van der Waals surface area contributed by atoms with Crippen LogP contribution in [0.3, 0.4) is 0 Å². The number of fused-ring (bicyclic) bond motifs is 1. The zero-order valence-electron chi connectivity index (χ0n) is 13.1. The minimum absolute atomic E-state index is 0.0313. The highest BCUT2D eigenvalue weighted by Gasteiger charge is 2.21. The molecule has 1 aromatic carbocycles. The molecule has 9 heteroatoms. The van der Waals surface area contributed by atoms with Gasteiger partial charge in [-0.25, -0.2) is 23.7 Å². The maximum atomic E-state index is 13.9. The number of nitrogens with zero attached hydrogens (tertiary/aromatic N) is 4. The van der Waals surface area contributed by atoms with E-state index in [1.165, 1.54) is 12.1 Å². The van der Waals surface area contributed by atoms with Gasteiger partial charge in [0.2, 0.25) is 0 Å². The lowest BCUT2D eigenvalue weighted by Gasteiger charge is -2.23. The maximum Gasteiger partial charge on any atom is 0.188 e. The fourth-order valence-corrected chi connectivity index (χ4v) is 3.07. The molecule has 1 aliphatic heterocycles. The molecule has 6 nitrogen and oxygen atoms in total. The largest absolute Gasteiger partial charge is 0.358 e. The molecular formula is C16H15F2N5OS. The van der Waals surface area contributed by atoms with Gasteiger partial charge in [-0.2, -0.15) is 0 Å². The van der Waals surface area contributed by atoms with Crippen LogP contribution in [0.4, 0.5) is 20.3 Å². The number of thiol groups is 1. The van der Waals surface area contributed by atoms with E-state index in [0.29, 0.717) is 17.8 Å². The lowest BCUT2D eigenvalue weighted by molar-refractivity contribution is -0.0298. The Balaban J connectivity index is 1.77. The zero-order chi connectivity index (χ0) is 17.4. The third-order valence-corrected chi connectivity index (χ3v) is 4.28. The van der Waals surface area contributed by atoms with Gasteiger partial charge < -0.3 is 10.1 Å². The molecule has 3 heterocycles. The summed E-state index contributed by atoms with van der Waals surface area (Å²) >= 11 is 4.22. The number of ether oxygens (including phenoxy) is 1. The molecule has 0 spiro atoms. The lowest BCUT2D eigenvalue weighted by Crippen LogP contribution is -2.17. The van der Waals surface area contributed by atoms with Crippen molar-refractivity contribution in [1.29, 1.82) is 0 Å². The van der Waals surface area contributed by atoms with Gasteiger partial charge in [0.15, 0.2) is 33.8 Å². The number of imidazole rings is 1. The Kier molecular flexibility index (Phi) is 4.26. The number of anilines is 2. The first-order valence-corrected chi connectivity index (χ1v) is 8.34. The molecule has 130 valence electrons. The topological polar surface area (TPSA) is 64.9 Å². The number of aromatic nitrogens is 4. The molecule has 1 fully saturated rings. The summed E-state index contributed by atoms with van der Waals surface area (Å²) in [6.45, 7) is 0.683. The first-order valence-electron chi connectivity index (χ1n) is 7.89. The Morgan fingerprint density at radius 1 is 1.24 bits per heavy atom. The van der Waals surface area contributed by atoms with Gasteiger partial charge in [-0.3, -0.25) is 4.57 Å². The normalized spacial score (nSPS) is 17.8. The van der Waals surface area contributed by atoms with E-state index in [0.717, 1.165) is 25.3 Å². The van der Waals surface area contributed by atoms with Crippen molar-refractivity contribution >= 4 is 35.3 Å². The van der Waals surface area contributed by atoms with Gasteiger partial charge in [0, 0.05) is 6.61 Å². The van der Waals surface area contributed by atoms with Gasteiger partial charge >= 0.3 is 0 Å². The Hall–Kier alpha value is -2.26. The predicted octanol–water partition coefficient (Wildman–Crippen LogP) is 3.84. The molecule has 25 heavy (non-hydrogen) atoms. The van der Waals surface area contributed by atoms with Gasteiger partial charge in [0.1, 0.15) is 6.23 Å². The van der Waals surface area contributed by atoms with Crippen molar-refractivity contribution < 1.29 is 13.5 Å². The summed E-state index contributed by atoms with van der Waals surface area (Å²) in [7, 11) is 0. The minimum atomic E-state index is -0.981. The molecule has 0 radical (unpaired) electrons. The minimum Gasteiger partial charge on any atom is -0.358 e. The van der Waals surface area contributed by atoms with E-state index in [4.69, 9.17) is 4.74 Å². The van der Waals surface area contributed by atoms with E-state index >= 15 is 0 Å². The molecule has 1 saturated heterocycles. The summed E-state index contributed by atoms with van der Waals surface area (Å²) in [5, 5.41) is 2.98. The number of halogens is 2. The average Bonchev–Trinajstić information content (AvgIpc) is 3.03. The monoisotopic (exact) mass is 363 g/mol. The molecule has 0 amide bonds. The Morgan fingerprint density at radius 3 is 2.92 bits per heavy atom. The van der Waals surface area contributed by atoms with Crippen molar-refractivity contribution in [2.24, 2.45) is 0 Å². The van der Waals surface area contributed by atoms with E-state index in [1.54, 1.807) is 6.33 Å². The van der Waals surface area contributed by atoms with Crippen LogP contribution in [0.1, 0.15) is 25.5 Å². The number of hydrogen-bond donors (Lipinski definition) is 2. The summed E-state index contributed by atoms with van der Waals surface area (Å²) in [6, 6.07) is 3.89. The van der Waals surface area contributed by atoms with Crippen LogP contribution in [0.25, 0.3) is 11.2 Å². The van der Waals surface area contributed by atoms with Gasteiger partial charge in [-0.15, -0.1) is 12.6 Å². The van der Waals surface area contributed by atoms with Crippen molar-refractivity contribution in [3.8, 4) is 0 Å². The van der Waals surface area contributed by atoms with Crippen LogP contribution in [-0.2, 0) is 4.74 Å². The summed E-state index contributed by atoms with van der Waals surface area (Å²) in [5.74, 6) is -1.67. The second kappa shape index (κ2) is 6.57. The second-order valence-corrected chi connectivity index (χ2v) is 6.14. The first kappa shape index (κ1) is 16.2. The highest BCUT2D eigenvalue weighted by atomic mass is 32.1. The zero-order valence-corrected chi connectivity index (χ0v) is 14.0. The fraction of sp³-hybridized carbons (Fsp3) is 0.312. The number of nitrogens with one attached hydrogen (secondary N) is 1. The Bertz CT molecular complexity index is 926. The van der Waals surface area contributed by atoms with Gasteiger partial charge in [0.05, 0.1) is 12.0 Å². The molecule has 1 atom stereocenters.